The average molecular weight is 863 g/mol. The van der Waals surface area contributed by atoms with Crippen molar-refractivity contribution in [2.75, 3.05) is 13.2 Å². The summed E-state index contributed by atoms with van der Waals surface area (Å²) in [6.07, 6.45) is 49.4. The maximum Gasteiger partial charge on any atom is 0.306 e. The average Bonchev–Trinajstić information content (AvgIpc) is 3.24. The van der Waals surface area contributed by atoms with Crippen LogP contribution in [-0.4, -0.2) is 37.2 Å². The van der Waals surface area contributed by atoms with Gasteiger partial charge in [-0.2, -0.15) is 0 Å². The van der Waals surface area contributed by atoms with Gasteiger partial charge in [-0.05, 0) is 31.1 Å². The lowest BCUT2D eigenvalue weighted by Crippen LogP contribution is -2.30. The summed E-state index contributed by atoms with van der Waals surface area (Å²) in [6, 6.07) is 0. The van der Waals surface area contributed by atoms with Crippen molar-refractivity contribution in [3.05, 3.63) is 0 Å². The lowest BCUT2D eigenvalue weighted by atomic mass is 9.99. The maximum atomic E-state index is 12.8. The van der Waals surface area contributed by atoms with E-state index in [-0.39, 0.29) is 31.1 Å². The van der Waals surface area contributed by atoms with E-state index in [0.29, 0.717) is 19.3 Å². The van der Waals surface area contributed by atoms with Gasteiger partial charge in [-0.1, -0.05) is 266 Å². The summed E-state index contributed by atoms with van der Waals surface area (Å²) in [5.74, 6) is 0.870. The molecule has 1 unspecified atom stereocenters. The Morgan fingerprint density at radius 2 is 0.623 bits per heavy atom. The minimum Gasteiger partial charge on any atom is -0.462 e. The van der Waals surface area contributed by atoms with Crippen molar-refractivity contribution in [2.24, 2.45) is 11.8 Å². The molecule has 2 atom stereocenters. The fourth-order valence-electron chi connectivity index (χ4n) is 8.31. The van der Waals surface area contributed by atoms with Gasteiger partial charge in [0.05, 0.1) is 0 Å². The molecule has 0 N–H and O–H groups in total. The zero-order valence-corrected chi connectivity index (χ0v) is 41.8. The summed E-state index contributed by atoms with van der Waals surface area (Å²) in [6.45, 7) is 11.4. The first-order chi connectivity index (χ1) is 29.8. The van der Waals surface area contributed by atoms with E-state index >= 15 is 0 Å². The molecule has 0 aliphatic heterocycles. The Labute approximate surface area is 380 Å². The molecule has 0 aliphatic rings. The highest BCUT2D eigenvalue weighted by Gasteiger charge is 2.19. The van der Waals surface area contributed by atoms with Gasteiger partial charge in [-0.25, -0.2) is 0 Å². The van der Waals surface area contributed by atoms with Crippen LogP contribution in [0.5, 0.6) is 0 Å². The Kier molecular flexibility index (Phi) is 46.6. The third kappa shape index (κ3) is 47.7. The summed E-state index contributed by atoms with van der Waals surface area (Å²) >= 11 is 0. The highest BCUT2D eigenvalue weighted by molar-refractivity contribution is 5.71. The Morgan fingerprint density at radius 1 is 0.344 bits per heavy atom. The van der Waals surface area contributed by atoms with Gasteiger partial charge in [0.15, 0.2) is 6.10 Å². The molecule has 6 nitrogen and oxygen atoms in total. The van der Waals surface area contributed by atoms with Crippen LogP contribution in [0.15, 0.2) is 0 Å². The molecule has 362 valence electrons. The number of carbonyl (C=O) groups excluding carboxylic acids is 3. The van der Waals surface area contributed by atoms with Crippen LogP contribution in [0.3, 0.4) is 0 Å². The van der Waals surface area contributed by atoms with Crippen LogP contribution >= 0.6 is 0 Å². The fraction of sp³-hybridized carbons (Fsp3) is 0.945. The van der Waals surface area contributed by atoms with Crippen molar-refractivity contribution >= 4 is 17.9 Å². The second-order valence-electron chi connectivity index (χ2n) is 19.6. The normalized spacial score (nSPS) is 12.5. The summed E-state index contributed by atoms with van der Waals surface area (Å²) in [5, 5.41) is 0. The first-order valence-corrected chi connectivity index (χ1v) is 27.3. The van der Waals surface area contributed by atoms with Gasteiger partial charge >= 0.3 is 17.9 Å². The first-order valence-electron chi connectivity index (χ1n) is 27.3. The van der Waals surface area contributed by atoms with Gasteiger partial charge in [0, 0.05) is 19.3 Å². The van der Waals surface area contributed by atoms with Gasteiger partial charge in [0.1, 0.15) is 13.2 Å². The Morgan fingerprint density at radius 3 is 0.934 bits per heavy atom. The molecular formula is C55H106O6. The van der Waals surface area contributed by atoms with E-state index in [1.165, 1.54) is 193 Å². The zero-order chi connectivity index (χ0) is 44.7. The van der Waals surface area contributed by atoms with E-state index in [4.69, 9.17) is 14.2 Å². The highest BCUT2D eigenvalue weighted by Crippen LogP contribution is 2.18. The van der Waals surface area contributed by atoms with Crippen LogP contribution in [-0.2, 0) is 28.6 Å². The summed E-state index contributed by atoms with van der Waals surface area (Å²) in [5.41, 5.74) is 0. The third-order valence-electron chi connectivity index (χ3n) is 12.8. The maximum absolute atomic E-state index is 12.8. The van der Waals surface area contributed by atoms with E-state index in [9.17, 15) is 14.4 Å². The van der Waals surface area contributed by atoms with Gasteiger partial charge < -0.3 is 14.2 Å². The van der Waals surface area contributed by atoms with Crippen LogP contribution in [0.1, 0.15) is 304 Å². The molecular weight excluding hydrogens is 757 g/mol. The van der Waals surface area contributed by atoms with E-state index in [1.807, 2.05) is 0 Å². The summed E-state index contributed by atoms with van der Waals surface area (Å²) < 4.78 is 16.8. The number of esters is 3. The van der Waals surface area contributed by atoms with Crippen molar-refractivity contribution in [3.8, 4) is 0 Å². The lowest BCUT2D eigenvalue weighted by molar-refractivity contribution is -0.167. The van der Waals surface area contributed by atoms with Crippen molar-refractivity contribution in [1.29, 1.82) is 0 Å². The molecule has 0 radical (unpaired) electrons. The van der Waals surface area contributed by atoms with Gasteiger partial charge in [0.2, 0.25) is 0 Å². The molecule has 0 fully saturated rings. The summed E-state index contributed by atoms with van der Waals surface area (Å²) in [4.78, 5) is 38.0. The van der Waals surface area contributed by atoms with E-state index in [1.54, 1.807) is 0 Å². The third-order valence-corrected chi connectivity index (χ3v) is 12.8. The zero-order valence-electron chi connectivity index (χ0n) is 41.8. The predicted octanol–water partition coefficient (Wildman–Crippen LogP) is 17.7. The molecule has 0 aromatic rings. The standard InChI is InChI=1S/C55H106O6/c1-6-8-9-10-11-12-13-19-27-32-37-42-47-55(58)61-52(49-60-54(57)46-41-36-31-26-22-21-23-28-33-38-43-50(3)4)48-59-53(56)45-40-35-30-25-20-17-15-14-16-18-24-29-34-39-44-51(5)7-2/h50-52H,6-49H2,1-5H3/t51?,52-/m1/s1. The Balaban J connectivity index is 4.28. The van der Waals surface area contributed by atoms with E-state index in [0.717, 1.165) is 69.6 Å². The number of carbonyl (C=O) groups is 3. The molecule has 0 heterocycles. The topological polar surface area (TPSA) is 78.9 Å². The molecule has 0 spiro atoms. The Bertz CT molecular complexity index is 933. The number of hydrogen-bond donors (Lipinski definition) is 0. The lowest BCUT2D eigenvalue weighted by Gasteiger charge is -2.18. The SMILES string of the molecule is CCCCCCCCCCCCCCC(=O)O[C@H](COC(=O)CCCCCCCCCCCCCCCCC(C)CC)COC(=O)CCCCCCCCCCCCC(C)C. The first kappa shape index (κ1) is 59.4. The van der Waals surface area contributed by atoms with Crippen LogP contribution < -0.4 is 0 Å². The second-order valence-corrected chi connectivity index (χ2v) is 19.6. The molecule has 0 aromatic heterocycles. The van der Waals surface area contributed by atoms with E-state index < -0.39 is 6.10 Å². The van der Waals surface area contributed by atoms with Crippen molar-refractivity contribution in [2.45, 2.75) is 310 Å². The minimum atomic E-state index is -0.762. The van der Waals surface area contributed by atoms with Crippen LogP contribution in [0.4, 0.5) is 0 Å². The summed E-state index contributed by atoms with van der Waals surface area (Å²) in [7, 11) is 0. The number of ether oxygens (including phenoxy) is 3. The molecule has 61 heavy (non-hydrogen) atoms. The Hall–Kier alpha value is -1.59. The quantitative estimate of drug-likeness (QED) is 0.0344. The predicted molar refractivity (Wildman–Crippen MR) is 261 cm³/mol. The number of rotatable bonds is 49. The van der Waals surface area contributed by atoms with Crippen molar-refractivity contribution in [3.63, 3.8) is 0 Å². The molecule has 0 aromatic carbocycles. The fourth-order valence-corrected chi connectivity index (χ4v) is 8.31. The second kappa shape index (κ2) is 47.9. The number of unbranched alkanes of at least 4 members (excludes halogenated alkanes) is 33. The molecule has 6 heteroatoms. The monoisotopic (exact) mass is 863 g/mol. The molecule has 0 amide bonds. The molecule has 0 rings (SSSR count). The number of hydrogen-bond acceptors (Lipinski definition) is 6. The molecule has 0 bridgehead atoms. The smallest absolute Gasteiger partial charge is 0.306 e. The van der Waals surface area contributed by atoms with Crippen LogP contribution in [0, 0.1) is 11.8 Å². The van der Waals surface area contributed by atoms with E-state index in [2.05, 4.69) is 34.6 Å². The largest absolute Gasteiger partial charge is 0.462 e. The minimum absolute atomic E-state index is 0.0632. The van der Waals surface area contributed by atoms with Gasteiger partial charge in [0.25, 0.3) is 0 Å². The van der Waals surface area contributed by atoms with Gasteiger partial charge in [-0.15, -0.1) is 0 Å². The van der Waals surface area contributed by atoms with Gasteiger partial charge in [-0.3, -0.25) is 14.4 Å². The van der Waals surface area contributed by atoms with Crippen LogP contribution in [0.25, 0.3) is 0 Å². The molecule has 0 aliphatic carbocycles. The molecule has 0 saturated carbocycles. The highest BCUT2D eigenvalue weighted by atomic mass is 16.6. The van der Waals surface area contributed by atoms with Crippen molar-refractivity contribution in [1.82, 2.24) is 0 Å². The van der Waals surface area contributed by atoms with Crippen molar-refractivity contribution < 1.29 is 28.6 Å². The molecule has 0 saturated heterocycles. The van der Waals surface area contributed by atoms with Crippen LogP contribution in [0.2, 0.25) is 0 Å².